The summed E-state index contributed by atoms with van der Waals surface area (Å²) in [5.41, 5.74) is -1.79. The molecule has 0 bridgehead atoms. The van der Waals surface area contributed by atoms with Crippen molar-refractivity contribution in [1.82, 2.24) is 0 Å². The molecule has 16 heavy (non-hydrogen) atoms. The van der Waals surface area contributed by atoms with Gasteiger partial charge in [0.1, 0.15) is 11.9 Å². The summed E-state index contributed by atoms with van der Waals surface area (Å²) < 4.78 is 58.7. The zero-order chi connectivity index (χ0) is 12.3. The molecule has 0 fully saturated rings. The van der Waals surface area contributed by atoms with Crippen molar-refractivity contribution in [1.29, 1.82) is 5.26 Å². The highest BCUT2D eigenvalue weighted by Crippen LogP contribution is 2.28. The number of hydrogen-bond donors (Lipinski definition) is 0. The molecule has 0 aliphatic rings. The van der Waals surface area contributed by atoms with Crippen LogP contribution in [0.3, 0.4) is 0 Å². The molecule has 0 spiro atoms. The van der Waals surface area contributed by atoms with Crippen LogP contribution in [0.15, 0.2) is 12.1 Å². The van der Waals surface area contributed by atoms with E-state index in [1.165, 1.54) is 6.07 Å². The Bertz CT molecular complexity index is 471. The lowest BCUT2D eigenvalue weighted by Crippen LogP contribution is -2.03. The van der Waals surface area contributed by atoms with Gasteiger partial charge in [0.2, 0.25) is 0 Å². The van der Waals surface area contributed by atoms with Gasteiger partial charge >= 0.3 is 0 Å². The van der Waals surface area contributed by atoms with E-state index < -0.39 is 40.2 Å². The van der Waals surface area contributed by atoms with Crippen LogP contribution in [0.2, 0.25) is 0 Å². The lowest BCUT2D eigenvalue weighted by atomic mass is 10.0. The van der Waals surface area contributed by atoms with E-state index in [9.17, 15) is 21.9 Å². The Morgan fingerprint density at radius 2 is 2.12 bits per heavy atom. The SMILES string of the molecule is N#Cc1c(CS(=O)[O-])ccc(F)c1C(F)F. The molecule has 1 atom stereocenters. The molecule has 0 aliphatic carbocycles. The van der Waals surface area contributed by atoms with E-state index in [0.717, 1.165) is 12.1 Å². The molecular weight excluding hydrogens is 243 g/mol. The summed E-state index contributed by atoms with van der Waals surface area (Å²) in [5, 5.41) is 8.63. The number of nitriles is 1. The first-order chi connectivity index (χ1) is 7.47. The molecule has 0 saturated carbocycles. The predicted molar refractivity (Wildman–Crippen MR) is 48.7 cm³/mol. The van der Waals surface area contributed by atoms with Gasteiger partial charge in [-0.15, -0.1) is 0 Å². The fourth-order valence-corrected chi connectivity index (χ4v) is 1.73. The second-order valence-electron chi connectivity index (χ2n) is 2.86. The fourth-order valence-electron chi connectivity index (χ4n) is 1.23. The van der Waals surface area contributed by atoms with Gasteiger partial charge in [-0.25, -0.2) is 13.2 Å². The second kappa shape index (κ2) is 5.09. The van der Waals surface area contributed by atoms with Crippen LogP contribution in [0.4, 0.5) is 13.2 Å². The summed E-state index contributed by atoms with van der Waals surface area (Å²) in [4.78, 5) is 0. The molecule has 0 aliphatic heterocycles. The molecule has 1 aromatic rings. The predicted octanol–water partition coefficient (Wildman–Crippen LogP) is 2.01. The second-order valence-corrected chi connectivity index (χ2v) is 3.75. The highest BCUT2D eigenvalue weighted by Gasteiger charge is 2.21. The average Bonchev–Trinajstić information content (AvgIpc) is 2.18. The van der Waals surface area contributed by atoms with Gasteiger partial charge in [-0.05, 0) is 11.6 Å². The Morgan fingerprint density at radius 3 is 2.56 bits per heavy atom. The van der Waals surface area contributed by atoms with Crippen molar-refractivity contribution in [3.05, 3.63) is 34.6 Å². The van der Waals surface area contributed by atoms with Gasteiger partial charge in [-0.2, -0.15) is 5.26 Å². The van der Waals surface area contributed by atoms with Crippen molar-refractivity contribution in [2.75, 3.05) is 0 Å². The number of hydrogen-bond acceptors (Lipinski definition) is 3. The van der Waals surface area contributed by atoms with Crippen LogP contribution in [0.5, 0.6) is 0 Å². The molecule has 1 aromatic carbocycles. The summed E-state index contributed by atoms with van der Waals surface area (Å²) in [6.45, 7) is 0. The van der Waals surface area contributed by atoms with Crippen LogP contribution in [0.1, 0.15) is 23.1 Å². The molecule has 0 aromatic heterocycles. The van der Waals surface area contributed by atoms with Crippen molar-refractivity contribution in [3.63, 3.8) is 0 Å². The number of alkyl halides is 2. The minimum atomic E-state index is -3.16. The standard InChI is InChI=1S/C9H6F3NO2S/c10-7-2-1-5(4-16(14)15)6(3-13)8(7)9(11)12/h1-2,9H,4H2,(H,14,15)/p-1. The van der Waals surface area contributed by atoms with Crippen molar-refractivity contribution in [2.24, 2.45) is 0 Å². The van der Waals surface area contributed by atoms with E-state index in [0.29, 0.717) is 0 Å². The number of benzene rings is 1. The Morgan fingerprint density at radius 1 is 1.50 bits per heavy atom. The van der Waals surface area contributed by atoms with Gasteiger partial charge in [0.15, 0.2) is 0 Å². The van der Waals surface area contributed by atoms with Crippen LogP contribution in [-0.4, -0.2) is 8.76 Å². The molecule has 7 heteroatoms. The Kier molecular flexibility index (Phi) is 4.04. The normalized spacial score (nSPS) is 12.5. The highest BCUT2D eigenvalue weighted by atomic mass is 32.2. The van der Waals surface area contributed by atoms with Crippen LogP contribution >= 0.6 is 0 Å². The van der Waals surface area contributed by atoms with E-state index in [4.69, 9.17) is 5.26 Å². The Hall–Kier alpha value is -1.39. The minimum Gasteiger partial charge on any atom is -0.772 e. The van der Waals surface area contributed by atoms with Gasteiger partial charge in [-0.1, -0.05) is 17.1 Å². The molecule has 1 unspecified atom stereocenters. The first-order valence-electron chi connectivity index (χ1n) is 4.02. The van der Waals surface area contributed by atoms with Crippen molar-refractivity contribution in [2.45, 2.75) is 12.2 Å². The van der Waals surface area contributed by atoms with E-state index in [1.54, 1.807) is 0 Å². The van der Waals surface area contributed by atoms with Crippen LogP contribution < -0.4 is 0 Å². The maximum atomic E-state index is 13.0. The maximum absolute atomic E-state index is 13.0. The molecule has 0 N–H and O–H groups in total. The van der Waals surface area contributed by atoms with E-state index in [2.05, 4.69) is 0 Å². The van der Waals surface area contributed by atoms with E-state index >= 15 is 0 Å². The monoisotopic (exact) mass is 248 g/mol. The zero-order valence-electron chi connectivity index (χ0n) is 7.75. The van der Waals surface area contributed by atoms with Crippen molar-refractivity contribution >= 4 is 11.1 Å². The van der Waals surface area contributed by atoms with Crippen LogP contribution in [-0.2, 0) is 16.8 Å². The zero-order valence-corrected chi connectivity index (χ0v) is 8.56. The maximum Gasteiger partial charge on any atom is 0.267 e. The van der Waals surface area contributed by atoms with Crippen molar-refractivity contribution < 1.29 is 21.9 Å². The third-order valence-corrected chi connectivity index (χ3v) is 2.43. The summed E-state index contributed by atoms with van der Waals surface area (Å²) in [7, 11) is 0. The lowest BCUT2D eigenvalue weighted by molar-refractivity contribution is 0.146. The molecular formula is C9H5F3NO2S-. The van der Waals surface area contributed by atoms with Gasteiger partial charge in [0.25, 0.3) is 6.43 Å². The molecule has 1 rings (SSSR count). The topological polar surface area (TPSA) is 63.9 Å². The van der Waals surface area contributed by atoms with Crippen LogP contribution in [0, 0.1) is 17.1 Å². The first kappa shape index (κ1) is 12.7. The third kappa shape index (κ3) is 2.59. The summed E-state index contributed by atoms with van der Waals surface area (Å²) in [5.74, 6) is -1.81. The van der Waals surface area contributed by atoms with E-state index in [-0.39, 0.29) is 5.56 Å². The van der Waals surface area contributed by atoms with Gasteiger partial charge in [-0.3, -0.25) is 4.21 Å². The summed E-state index contributed by atoms with van der Waals surface area (Å²) in [6.07, 6.45) is -3.16. The number of halogens is 3. The lowest BCUT2D eigenvalue weighted by Gasteiger charge is -2.11. The molecule has 0 amide bonds. The van der Waals surface area contributed by atoms with Crippen LogP contribution in [0.25, 0.3) is 0 Å². The van der Waals surface area contributed by atoms with Gasteiger partial charge in [0.05, 0.1) is 11.1 Å². The quantitative estimate of drug-likeness (QED) is 0.768. The summed E-state index contributed by atoms with van der Waals surface area (Å²) in [6, 6.07) is 3.13. The smallest absolute Gasteiger partial charge is 0.267 e. The molecule has 0 saturated heterocycles. The first-order valence-corrected chi connectivity index (χ1v) is 5.27. The summed E-state index contributed by atoms with van der Waals surface area (Å²) >= 11 is -2.52. The van der Waals surface area contributed by atoms with Crippen molar-refractivity contribution in [3.8, 4) is 6.07 Å². The number of nitrogens with zero attached hydrogens (tertiary/aromatic N) is 1. The number of rotatable bonds is 3. The third-order valence-electron chi connectivity index (χ3n) is 1.88. The Balaban J connectivity index is 3.38. The molecule has 3 nitrogen and oxygen atoms in total. The fraction of sp³-hybridized carbons (Fsp3) is 0.222. The average molecular weight is 248 g/mol. The minimum absolute atomic E-state index is 0.132. The van der Waals surface area contributed by atoms with Gasteiger partial charge in [0, 0.05) is 5.75 Å². The molecule has 0 radical (unpaired) electrons. The van der Waals surface area contributed by atoms with Gasteiger partial charge < -0.3 is 4.55 Å². The Labute approximate surface area is 91.8 Å². The molecule has 86 valence electrons. The highest BCUT2D eigenvalue weighted by molar-refractivity contribution is 7.78. The van der Waals surface area contributed by atoms with E-state index in [1.807, 2.05) is 0 Å². The largest absolute Gasteiger partial charge is 0.772 e. The molecule has 0 heterocycles.